The van der Waals surface area contributed by atoms with Gasteiger partial charge < -0.3 is 0 Å². The second-order valence-corrected chi connectivity index (χ2v) is 8.71. The number of rotatable bonds is 4. The van der Waals surface area contributed by atoms with Gasteiger partial charge in [0.25, 0.3) is 0 Å². The Morgan fingerprint density at radius 1 is 0.423 bits per heavy atom. The summed E-state index contributed by atoms with van der Waals surface area (Å²) in [6.07, 6.45) is 0. The standard InChI is InChI=1S/C24H24Cl2/c1-23(2,19-9-13-21(25)14-10-19)17-5-7-18(8-6-17)24(3,4)20-11-15-22(26)16-12-20/h5-16H,1-4H3. The van der Waals surface area contributed by atoms with Crippen molar-refractivity contribution in [2.45, 2.75) is 38.5 Å². The van der Waals surface area contributed by atoms with Gasteiger partial charge in [0.1, 0.15) is 0 Å². The van der Waals surface area contributed by atoms with E-state index >= 15 is 0 Å². The van der Waals surface area contributed by atoms with Gasteiger partial charge in [0.2, 0.25) is 0 Å². The largest absolute Gasteiger partial charge is 0.0843 e. The van der Waals surface area contributed by atoms with Crippen LogP contribution in [0, 0.1) is 0 Å². The monoisotopic (exact) mass is 382 g/mol. The van der Waals surface area contributed by atoms with Crippen LogP contribution in [-0.2, 0) is 10.8 Å². The Morgan fingerprint density at radius 3 is 0.846 bits per heavy atom. The lowest BCUT2D eigenvalue weighted by atomic mass is 9.75. The third-order valence-electron chi connectivity index (χ3n) is 5.46. The van der Waals surface area contributed by atoms with Crippen molar-refractivity contribution in [1.29, 1.82) is 0 Å². The first kappa shape index (κ1) is 19.0. The van der Waals surface area contributed by atoms with Crippen LogP contribution in [0.3, 0.4) is 0 Å². The highest BCUT2D eigenvalue weighted by Crippen LogP contribution is 2.36. The van der Waals surface area contributed by atoms with Crippen molar-refractivity contribution in [1.82, 2.24) is 0 Å². The van der Waals surface area contributed by atoms with Gasteiger partial charge in [-0.25, -0.2) is 0 Å². The molecule has 134 valence electrons. The van der Waals surface area contributed by atoms with Crippen molar-refractivity contribution >= 4 is 23.2 Å². The number of halogens is 2. The summed E-state index contributed by atoms with van der Waals surface area (Å²) in [7, 11) is 0. The van der Waals surface area contributed by atoms with E-state index in [2.05, 4.69) is 76.2 Å². The lowest BCUT2D eigenvalue weighted by molar-refractivity contribution is 0.626. The fourth-order valence-corrected chi connectivity index (χ4v) is 3.62. The minimum Gasteiger partial charge on any atom is -0.0843 e. The fraction of sp³-hybridized carbons (Fsp3) is 0.250. The summed E-state index contributed by atoms with van der Waals surface area (Å²) in [5.41, 5.74) is 4.94. The zero-order valence-electron chi connectivity index (χ0n) is 15.7. The molecule has 2 heteroatoms. The molecule has 26 heavy (non-hydrogen) atoms. The molecule has 0 bridgehead atoms. The minimum atomic E-state index is -0.0759. The number of hydrogen-bond acceptors (Lipinski definition) is 0. The zero-order valence-corrected chi connectivity index (χ0v) is 17.2. The van der Waals surface area contributed by atoms with Crippen LogP contribution in [0.2, 0.25) is 10.0 Å². The average molecular weight is 383 g/mol. The van der Waals surface area contributed by atoms with Gasteiger partial charge in [0.05, 0.1) is 0 Å². The first-order valence-corrected chi connectivity index (χ1v) is 9.60. The molecular formula is C24H24Cl2. The van der Waals surface area contributed by atoms with Crippen LogP contribution in [0.25, 0.3) is 0 Å². The summed E-state index contributed by atoms with van der Waals surface area (Å²) in [5.74, 6) is 0. The Morgan fingerprint density at radius 2 is 0.615 bits per heavy atom. The molecule has 0 saturated carbocycles. The van der Waals surface area contributed by atoms with E-state index in [0.29, 0.717) is 0 Å². The van der Waals surface area contributed by atoms with Gasteiger partial charge in [-0.1, -0.05) is 99.4 Å². The summed E-state index contributed by atoms with van der Waals surface area (Å²) >= 11 is 12.1. The summed E-state index contributed by atoms with van der Waals surface area (Å²) in [6.45, 7) is 8.98. The second kappa shape index (κ2) is 7.10. The van der Waals surface area contributed by atoms with Crippen molar-refractivity contribution in [2.75, 3.05) is 0 Å². The van der Waals surface area contributed by atoms with Crippen LogP contribution < -0.4 is 0 Å². The lowest BCUT2D eigenvalue weighted by Gasteiger charge is -2.29. The van der Waals surface area contributed by atoms with Crippen molar-refractivity contribution in [3.8, 4) is 0 Å². The Balaban J connectivity index is 1.92. The summed E-state index contributed by atoms with van der Waals surface area (Å²) in [6, 6.07) is 25.2. The molecule has 0 atom stereocenters. The van der Waals surface area contributed by atoms with E-state index in [0.717, 1.165) is 10.0 Å². The molecule has 3 aromatic carbocycles. The molecule has 3 rings (SSSR count). The molecule has 0 spiro atoms. The van der Waals surface area contributed by atoms with Crippen molar-refractivity contribution < 1.29 is 0 Å². The van der Waals surface area contributed by atoms with Crippen molar-refractivity contribution in [3.63, 3.8) is 0 Å². The minimum absolute atomic E-state index is 0.0759. The molecule has 0 N–H and O–H groups in total. The summed E-state index contributed by atoms with van der Waals surface area (Å²) < 4.78 is 0. The quantitative estimate of drug-likeness (QED) is 0.434. The van der Waals surface area contributed by atoms with E-state index in [1.165, 1.54) is 22.3 Å². The highest BCUT2D eigenvalue weighted by molar-refractivity contribution is 6.30. The molecular weight excluding hydrogens is 359 g/mol. The molecule has 0 aromatic heterocycles. The third-order valence-corrected chi connectivity index (χ3v) is 5.96. The molecule has 0 radical (unpaired) electrons. The zero-order chi connectivity index (χ0) is 18.9. The number of benzene rings is 3. The molecule has 0 fully saturated rings. The lowest BCUT2D eigenvalue weighted by Crippen LogP contribution is -2.21. The van der Waals surface area contributed by atoms with Gasteiger partial charge in [-0.3, -0.25) is 0 Å². The van der Waals surface area contributed by atoms with E-state index in [1.807, 2.05) is 24.3 Å². The van der Waals surface area contributed by atoms with Gasteiger partial charge in [-0.15, -0.1) is 0 Å². The van der Waals surface area contributed by atoms with Crippen LogP contribution in [0.4, 0.5) is 0 Å². The van der Waals surface area contributed by atoms with Crippen LogP contribution in [-0.4, -0.2) is 0 Å². The molecule has 0 nitrogen and oxygen atoms in total. The van der Waals surface area contributed by atoms with E-state index in [4.69, 9.17) is 23.2 Å². The molecule has 0 aliphatic heterocycles. The van der Waals surface area contributed by atoms with E-state index in [9.17, 15) is 0 Å². The Kier molecular flexibility index (Phi) is 5.19. The van der Waals surface area contributed by atoms with E-state index < -0.39 is 0 Å². The molecule has 0 unspecified atom stereocenters. The molecule has 0 heterocycles. The van der Waals surface area contributed by atoms with Gasteiger partial charge in [0.15, 0.2) is 0 Å². The Labute approximate surface area is 166 Å². The average Bonchev–Trinajstić information content (AvgIpc) is 2.62. The van der Waals surface area contributed by atoms with Gasteiger partial charge >= 0.3 is 0 Å². The fourth-order valence-electron chi connectivity index (χ4n) is 3.37. The first-order valence-electron chi connectivity index (χ1n) is 8.84. The SMILES string of the molecule is CC(C)(c1ccc(Cl)cc1)c1ccc(C(C)(C)c2ccc(Cl)cc2)cc1. The Bertz CT molecular complexity index is 795. The normalized spacial score (nSPS) is 12.2. The van der Waals surface area contributed by atoms with Crippen molar-refractivity contribution in [2.24, 2.45) is 0 Å². The Hall–Kier alpha value is -1.76. The molecule has 0 aliphatic carbocycles. The number of hydrogen-bond donors (Lipinski definition) is 0. The van der Waals surface area contributed by atoms with E-state index in [-0.39, 0.29) is 10.8 Å². The van der Waals surface area contributed by atoms with Crippen LogP contribution >= 0.6 is 23.2 Å². The molecule has 0 amide bonds. The van der Waals surface area contributed by atoms with Crippen LogP contribution in [0.15, 0.2) is 72.8 Å². The van der Waals surface area contributed by atoms with Gasteiger partial charge in [-0.2, -0.15) is 0 Å². The molecule has 3 aromatic rings. The molecule has 0 saturated heterocycles. The summed E-state index contributed by atoms with van der Waals surface area (Å²) in [4.78, 5) is 0. The predicted octanol–water partition coefficient (Wildman–Crippen LogP) is 7.65. The predicted molar refractivity (Wildman–Crippen MR) is 114 cm³/mol. The van der Waals surface area contributed by atoms with Crippen LogP contribution in [0.5, 0.6) is 0 Å². The maximum absolute atomic E-state index is 6.04. The summed E-state index contributed by atoms with van der Waals surface area (Å²) in [5, 5.41) is 1.54. The smallest absolute Gasteiger partial charge is 0.0406 e. The highest BCUT2D eigenvalue weighted by Gasteiger charge is 2.26. The maximum Gasteiger partial charge on any atom is 0.0406 e. The van der Waals surface area contributed by atoms with Crippen molar-refractivity contribution in [3.05, 3.63) is 105 Å². The van der Waals surface area contributed by atoms with E-state index in [1.54, 1.807) is 0 Å². The third kappa shape index (κ3) is 3.68. The second-order valence-electron chi connectivity index (χ2n) is 7.84. The topological polar surface area (TPSA) is 0 Å². The molecule has 0 aliphatic rings. The first-order chi connectivity index (χ1) is 12.2. The maximum atomic E-state index is 6.04. The highest BCUT2D eigenvalue weighted by atomic mass is 35.5. The van der Waals surface area contributed by atoms with Gasteiger partial charge in [-0.05, 0) is 46.5 Å². The van der Waals surface area contributed by atoms with Crippen LogP contribution in [0.1, 0.15) is 49.9 Å². The van der Waals surface area contributed by atoms with Gasteiger partial charge in [0, 0.05) is 20.9 Å².